The van der Waals surface area contributed by atoms with E-state index in [1.54, 1.807) is 6.20 Å². The molecule has 262 valence electrons. The smallest absolute Gasteiger partial charge is 0.164 e. The van der Waals surface area contributed by atoms with E-state index in [1.165, 1.54) is 40.3 Å². The van der Waals surface area contributed by atoms with Gasteiger partial charge in [-0.2, -0.15) is 0 Å². The van der Waals surface area contributed by atoms with Gasteiger partial charge in [0.2, 0.25) is 0 Å². The quantitative estimate of drug-likeness (QED) is 0.170. The summed E-state index contributed by atoms with van der Waals surface area (Å²) in [7, 11) is 0. The van der Waals surface area contributed by atoms with E-state index in [1.807, 2.05) is 53.1 Å². The van der Waals surface area contributed by atoms with E-state index in [4.69, 9.17) is 15.0 Å². The Bertz CT molecular complexity index is 3110. The van der Waals surface area contributed by atoms with Gasteiger partial charge in [-0.05, 0) is 94.0 Å². The first-order chi connectivity index (χ1) is 27.7. The molecule has 6 heteroatoms. The van der Waals surface area contributed by atoms with Crippen LogP contribution in [-0.2, 0) is 0 Å². The molecule has 56 heavy (non-hydrogen) atoms. The molecule has 0 bridgehead atoms. The molecule has 0 N–H and O–H groups in total. The Hall–Kier alpha value is -6.86. The van der Waals surface area contributed by atoms with E-state index in [0.717, 1.165) is 50.1 Å². The molecule has 0 amide bonds. The van der Waals surface area contributed by atoms with Crippen molar-refractivity contribution in [2.45, 2.75) is 0 Å². The molecule has 7 aromatic carbocycles. The van der Waals surface area contributed by atoms with Crippen LogP contribution in [0.4, 0.5) is 0 Å². The van der Waals surface area contributed by atoms with Gasteiger partial charge < -0.3 is 0 Å². The number of hydrogen-bond acceptors (Lipinski definition) is 6. The Morgan fingerprint density at radius 2 is 0.732 bits per heavy atom. The van der Waals surface area contributed by atoms with Crippen molar-refractivity contribution in [3.8, 4) is 67.5 Å². The van der Waals surface area contributed by atoms with E-state index >= 15 is 0 Å². The van der Waals surface area contributed by atoms with Gasteiger partial charge in [0, 0.05) is 69.4 Å². The van der Waals surface area contributed by atoms with Gasteiger partial charge in [0.15, 0.2) is 17.5 Å². The van der Waals surface area contributed by atoms with Crippen LogP contribution < -0.4 is 0 Å². The second-order valence-corrected chi connectivity index (χ2v) is 16.1. The molecule has 0 radical (unpaired) electrons. The van der Waals surface area contributed by atoms with Crippen LogP contribution in [0.3, 0.4) is 0 Å². The van der Waals surface area contributed by atoms with Crippen LogP contribution in [0.25, 0.3) is 108 Å². The Morgan fingerprint density at radius 1 is 0.286 bits per heavy atom. The minimum Gasteiger partial charge on any atom is -0.264 e. The Balaban J connectivity index is 1.11. The van der Waals surface area contributed by atoms with Gasteiger partial charge in [-0.3, -0.25) is 4.98 Å². The van der Waals surface area contributed by atoms with Crippen molar-refractivity contribution in [3.63, 3.8) is 0 Å². The normalized spacial score (nSPS) is 11.6. The Morgan fingerprint density at radius 3 is 1.30 bits per heavy atom. The molecule has 0 saturated heterocycles. The van der Waals surface area contributed by atoms with E-state index in [-0.39, 0.29) is 0 Å². The van der Waals surface area contributed by atoms with E-state index in [9.17, 15) is 0 Å². The molecule has 11 aromatic rings. The SMILES string of the molecule is c1ccc(-c2nc(-c3ccc(-c4cccnc4)cc3)nc(-c3cc(-c4ccc5sc6ccccc6c5c4)cc(-c4ccc5sc6ccccc6c5c4)c3)n2)cc1. The fourth-order valence-electron chi connectivity index (χ4n) is 7.60. The van der Waals surface area contributed by atoms with Gasteiger partial charge in [-0.1, -0.05) is 109 Å². The first-order valence-corrected chi connectivity index (χ1v) is 20.1. The third-order valence-electron chi connectivity index (χ3n) is 10.4. The fraction of sp³-hybridized carbons (Fsp3) is 0. The van der Waals surface area contributed by atoms with Gasteiger partial charge in [0.05, 0.1) is 0 Å². The molecule has 11 rings (SSSR count). The molecular formula is C50H30N4S2. The summed E-state index contributed by atoms with van der Waals surface area (Å²) in [5, 5.41) is 5.10. The number of rotatable bonds is 6. The van der Waals surface area contributed by atoms with E-state index in [2.05, 4.69) is 151 Å². The van der Waals surface area contributed by atoms with Crippen LogP contribution in [0.1, 0.15) is 0 Å². The van der Waals surface area contributed by atoms with Crippen LogP contribution in [-0.4, -0.2) is 19.9 Å². The highest BCUT2D eigenvalue weighted by Gasteiger charge is 2.17. The van der Waals surface area contributed by atoms with Crippen molar-refractivity contribution in [1.29, 1.82) is 0 Å². The molecule has 0 fully saturated rings. The highest BCUT2D eigenvalue weighted by atomic mass is 32.1. The monoisotopic (exact) mass is 750 g/mol. The maximum atomic E-state index is 5.21. The van der Waals surface area contributed by atoms with Crippen molar-refractivity contribution in [2.24, 2.45) is 0 Å². The first-order valence-electron chi connectivity index (χ1n) is 18.5. The van der Waals surface area contributed by atoms with Crippen molar-refractivity contribution < 1.29 is 0 Å². The Labute approximate surface area is 331 Å². The van der Waals surface area contributed by atoms with Crippen molar-refractivity contribution >= 4 is 63.0 Å². The van der Waals surface area contributed by atoms with Gasteiger partial charge in [0.25, 0.3) is 0 Å². The molecule has 4 aromatic heterocycles. The maximum absolute atomic E-state index is 5.21. The summed E-state index contributed by atoms with van der Waals surface area (Å²) in [5.74, 6) is 1.87. The second-order valence-electron chi connectivity index (χ2n) is 13.9. The zero-order valence-electron chi connectivity index (χ0n) is 29.9. The molecule has 0 aliphatic rings. The first kappa shape index (κ1) is 32.6. The Kier molecular flexibility index (Phi) is 7.83. The maximum Gasteiger partial charge on any atom is 0.164 e. The van der Waals surface area contributed by atoms with Crippen molar-refractivity contribution in [3.05, 3.63) is 182 Å². The van der Waals surface area contributed by atoms with Crippen LogP contribution >= 0.6 is 22.7 Å². The number of aromatic nitrogens is 4. The predicted molar refractivity (Wildman–Crippen MR) is 236 cm³/mol. The van der Waals surface area contributed by atoms with Crippen molar-refractivity contribution in [2.75, 3.05) is 0 Å². The summed E-state index contributed by atoms with van der Waals surface area (Å²) in [6.07, 6.45) is 3.67. The topological polar surface area (TPSA) is 51.6 Å². The lowest BCUT2D eigenvalue weighted by molar-refractivity contribution is 1.07. The number of fused-ring (bicyclic) bond motifs is 6. The summed E-state index contributed by atoms with van der Waals surface area (Å²) in [6.45, 7) is 0. The largest absolute Gasteiger partial charge is 0.264 e. The number of thiophene rings is 2. The molecule has 4 nitrogen and oxygen atoms in total. The van der Waals surface area contributed by atoms with Crippen LogP contribution in [0.15, 0.2) is 182 Å². The average Bonchev–Trinajstić information content (AvgIpc) is 3.84. The lowest BCUT2D eigenvalue weighted by Gasteiger charge is -2.13. The van der Waals surface area contributed by atoms with Crippen molar-refractivity contribution in [1.82, 2.24) is 19.9 Å². The molecule has 0 aliphatic carbocycles. The zero-order valence-corrected chi connectivity index (χ0v) is 31.6. The highest BCUT2D eigenvalue weighted by Crippen LogP contribution is 2.41. The van der Waals surface area contributed by atoms with Crippen LogP contribution in [0.2, 0.25) is 0 Å². The molecule has 0 atom stereocenters. The summed E-state index contributed by atoms with van der Waals surface area (Å²) in [5.41, 5.74) is 9.43. The minimum absolute atomic E-state index is 0.621. The van der Waals surface area contributed by atoms with E-state index < -0.39 is 0 Å². The standard InChI is InChI=1S/C50H30N4S2/c1-2-9-32(10-3-1)48-52-49(33-18-16-31(17-19-33)36-11-8-24-51-30-36)54-50(53-48)39-26-37(34-20-22-46-42(28-34)40-12-4-6-14-44(40)55-46)25-38(27-39)35-21-23-47-43(29-35)41-13-5-7-15-45(41)56-47/h1-30H. The summed E-state index contributed by atoms with van der Waals surface area (Å²) < 4.78 is 5.16. The second kappa shape index (κ2) is 13.5. The van der Waals surface area contributed by atoms with Crippen LogP contribution in [0, 0.1) is 0 Å². The number of pyridine rings is 1. The number of benzene rings is 7. The van der Waals surface area contributed by atoms with Gasteiger partial charge in [-0.15, -0.1) is 22.7 Å². The minimum atomic E-state index is 0.621. The third kappa shape index (κ3) is 5.84. The molecular weight excluding hydrogens is 721 g/mol. The number of nitrogens with zero attached hydrogens (tertiary/aromatic N) is 4. The lowest BCUT2D eigenvalue weighted by atomic mass is 9.94. The summed E-state index contributed by atoms with van der Waals surface area (Å²) in [4.78, 5) is 19.7. The molecule has 0 spiro atoms. The molecule has 0 unspecified atom stereocenters. The number of hydrogen-bond donors (Lipinski definition) is 0. The molecule has 0 aliphatic heterocycles. The zero-order chi connectivity index (χ0) is 37.0. The summed E-state index contributed by atoms with van der Waals surface area (Å²) >= 11 is 3.68. The highest BCUT2D eigenvalue weighted by molar-refractivity contribution is 7.26. The average molecular weight is 751 g/mol. The molecule has 0 saturated carbocycles. The van der Waals surface area contributed by atoms with Gasteiger partial charge >= 0.3 is 0 Å². The van der Waals surface area contributed by atoms with E-state index in [0.29, 0.717) is 17.5 Å². The third-order valence-corrected chi connectivity index (χ3v) is 12.7. The van der Waals surface area contributed by atoms with Gasteiger partial charge in [-0.25, -0.2) is 15.0 Å². The fourth-order valence-corrected chi connectivity index (χ4v) is 9.77. The predicted octanol–water partition coefficient (Wildman–Crippen LogP) is 14.0. The summed E-state index contributed by atoms with van der Waals surface area (Å²) in [6, 6.07) is 60.4. The van der Waals surface area contributed by atoms with Gasteiger partial charge in [0.1, 0.15) is 0 Å². The lowest BCUT2D eigenvalue weighted by Crippen LogP contribution is -2.00. The molecule has 4 heterocycles. The van der Waals surface area contributed by atoms with Crippen LogP contribution in [0.5, 0.6) is 0 Å².